The Morgan fingerprint density at radius 3 is 2.42 bits per heavy atom. The average Bonchev–Trinajstić information content (AvgIpc) is 3.15. The van der Waals surface area contributed by atoms with Crippen LogP contribution in [0.1, 0.15) is 25.7 Å². The van der Waals surface area contributed by atoms with E-state index in [4.69, 9.17) is 16.6 Å². The van der Waals surface area contributed by atoms with E-state index in [1.807, 2.05) is 43.3 Å². The van der Waals surface area contributed by atoms with Crippen LogP contribution in [0, 0.1) is 11.8 Å². The van der Waals surface area contributed by atoms with Crippen LogP contribution in [0.2, 0.25) is 4.34 Å². The second-order valence-corrected chi connectivity index (χ2v) is 13.1. The molecule has 0 radical (unpaired) electrons. The first-order valence-corrected chi connectivity index (χ1v) is 14.3. The van der Waals surface area contributed by atoms with Crippen LogP contribution in [0.3, 0.4) is 0 Å². The van der Waals surface area contributed by atoms with Gasteiger partial charge >= 0.3 is 0 Å². The SMILES string of the molecule is CN(C)c1nc(NCC2CCC(CNS(=O)(=O)c3sc(Cl)cc3Br)CC2)nc2ccccc12. The molecule has 2 N–H and O–H groups in total. The zero-order chi connectivity index (χ0) is 23.6. The molecule has 2 heterocycles. The van der Waals surface area contributed by atoms with Crippen molar-refractivity contribution in [2.75, 3.05) is 37.4 Å². The third-order valence-corrected chi connectivity index (χ3v) is 10.3. The molecule has 1 saturated carbocycles. The number of fused-ring (bicyclic) bond motifs is 1. The number of para-hydroxylation sites is 1. The van der Waals surface area contributed by atoms with Gasteiger partial charge in [0.25, 0.3) is 10.0 Å². The van der Waals surface area contributed by atoms with E-state index < -0.39 is 10.0 Å². The summed E-state index contributed by atoms with van der Waals surface area (Å²) in [6, 6.07) is 9.64. The van der Waals surface area contributed by atoms with Crippen LogP contribution in [0.15, 0.2) is 39.0 Å². The number of hydrogen-bond donors (Lipinski definition) is 2. The monoisotopic (exact) mass is 571 g/mol. The van der Waals surface area contributed by atoms with E-state index in [-0.39, 0.29) is 4.21 Å². The molecule has 0 bridgehead atoms. The van der Waals surface area contributed by atoms with Crippen LogP contribution in [0.5, 0.6) is 0 Å². The van der Waals surface area contributed by atoms with Crippen molar-refractivity contribution in [1.82, 2.24) is 14.7 Å². The van der Waals surface area contributed by atoms with Crippen molar-refractivity contribution in [2.24, 2.45) is 11.8 Å². The Morgan fingerprint density at radius 2 is 1.79 bits per heavy atom. The highest BCUT2D eigenvalue weighted by molar-refractivity contribution is 9.10. The molecule has 1 aromatic carbocycles. The summed E-state index contributed by atoms with van der Waals surface area (Å²) in [6.45, 7) is 1.26. The van der Waals surface area contributed by atoms with Crippen LogP contribution >= 0.6 is 38.9 Å². The maximum absolute atomic E-state index is 12.6. The second-order valence-electron chi connectivity index (χ2n) is 8.59. The number of nitrogens with one attached hydrogen (secondary N) is 2. The molecule has 178 valence electrons. The molecule has 1 aliphatic carbocycles. The smallest absolute Gasteiger partial charge is 0.251 e. The molecule has 0 amide bonds. The van der Waals surface area contributed by atoms with Gasteiger partial charge in [0.1, 0.15) is 5.82 Å². The number of hydrogen-bond acceptors (Lipinski definition) is 7. The van der Waals surface area contributed by atoms with E-state index in [0.717, 1.165) is 60.3 Å². The summed E-state index contributed by atoms with van der Waals surface area (Å²) in [4.78, 5) is 11.4. The highest BCUT2D eigenvalue weighted by Crippen LogP contribution is 2.35. The number of thiophene rings is 1. The van der Waals surface area contributed by atoms with Crippen molar-refractivity contribution in [3.63, 3.8) is 0 Å². The van der Waals surface area contributed by atoms with Gasteiger partial charge in [-0.25, -0.2) is 18.1 Å². The summed E-state index contributed by atoms with van der Waals surface area (Å²) < 4.78 is 29.1. The van der Waals surface area contributed by atoms with Gasteiger partial charge in [-0.3, -0.25) is 0 Å². The van der Waals surface area contributed by atoms with Crippen LogP contribution in [-0.2, 0) is 10.0 Å². The minimum absolute atomic E-state index is 0.234. The molecule has 11 heteroatoms. The minimum atomic E-state index is -3.55. The van der Waals surface area contributed by atoms with Gasteiger partial charge in [0.05, 0.1) is 14.3 Å². The van der Waals surface area contributed by atoms with Crippen molar-refractivity contribution in [3.8, 4) is 0 Å². The zero-order valence-electron chi connectivity index (χ0n) is 18.5. The Hall–Kier alpha value is -1.46. The number of benzene rings is 1. The van der Waals surface area contributed by atoms with Crippen LogP contribution < -0.4 is 14.9 Å². The van der Waals surface area contributed by atoms with E-state index in [2.05, 4.69) is 31.0 Å². The zero-order valence-corrected chi connectivity index (χ0v) is 22.5. The van der Waals surface area contributed by atoms with Crippen LogP contribution in [0.25, 0.3) is 10.9 Å². The Morgan fingerprint density at radius 1 is 1.12 bits per heavy atom. The third kappa shape index (κ3) is 5.97. The summed E-state index contributed by atoms with van der Waals surface area (Å²) in [5.41, 5.74) is 0.924. The summed E-state index contributed by atoms with van der Waals surface area (Å²) in [5.74, 6) is 2.40. The normalized spacial score (nSPS) is 19.0. The lowest BCUT2D eigenvalue weighted by Gasteiger charge is -2.28. The number of aromatic nitrogens is 2. The maximum Gasteiger partial charge on any atom is 0.251 e. The molecule has 3 aromatic rings. The third-order valence-electron chi connectivity index (χ3n) is 5.95. The Kier molecular flexibility index (Phi) is 7.80. The lowest BCUT2D eigenvalue weighted by Crippen LogP contribution is -2.32. The molecule has 0 saturated heterocycles. The van der Waals surface area contributed by atoms with E-state index in [1.54, 1.807) is 6.07 Å². The fourth-order valence-electron chi connectivity index (χ4n) is 4.16. The van der Waals surface area contributed by atoms with E-state index in [9.17, 15) is 8.42 Å². The van der Waals surface area contributed by atoms with Crippen molar-refractivity contribution >= 4 is 71.6 Å². The molecular formula is C22H27BrClN5O2S2. The van der Waals surface area contributed by atoms with Crippen molar-refractivity contribution in [2.45, 2.75) is 29.9 Å². The van der Waals surface area contributed by atoms with Gasteiger partial charge in [0.15, 0.2) is 4.21 Å². The first kappa shape index (κ1) is 24.7. The van der Waals surface area contributed by atoms with Gasteiger partial charge in [-0.05, 0) is 71.6 Å². The highest BCUT2D eigenvalue weighted by Gasteiger charge is 2.25. The van der Waals surface area contributed by atoms with Crippen LogP contribution in [-0.4, -0.2) is 45.6 Å². The predicted octanol–water partition coefficient (Wildman–Crippen LogP) is 5.37. The lowest BCUT2D eigenvalue weighted by atomic mass is 9.82. The number of sulfonamides is 1. The molecule has 1 fully saturated rings. The Bertz CT molecular complexity index is 1230. The van der Waals surface area contributed by atoms with E-state index in [1.165, 1.54) is 0 Å². The molecule has 0 spiro atoms. The standard InChI is InChI=1S/C22H27BrClN5O2S2/c1-29(2)20-16-5-3-4-6-18(16)27-22(28-20)25-12-14-7-9-15(10-8-14)13-26-33(30,31)21-17(23)11-19(24)32-21/h3-6,11,14-15,26H,7-10,12-13H2,1-2H3,(H,25,27,28). The fourth-order valence-corrected chi connectivity index (χ4v) is 8.33. The number of rotatable bonds is 8. The maximum atomic E-state index is 12.6. The molecular weight excluding hydrogens is 546 g/mol. The van der Waals surface area contributed by atoms with Gasteiger partial charge in [-0.15, -0.1) is 11.3 Å². The molecule has 4 rings (SSSR count). The molecule has 2 aromatic heterocycles. The lowest BCUT2D eigenvalue weighted by molar-refractivity contribution is 0.284. The quantitative estimate of drug-likeness (QED) is 0.377. The average molecular weight is 573 g/mol. The first-order valence-electron chi connectivity index (χ1n) is 10.9. The van der Waals surface area contributed by atoms with Crippen molar-refractivity contribution in [1.29, 1.82) is 0 Å². The highest BCUT2D eigenvalue weighted by atomic mass is 79.9. The van der Waals surface area contributed by atoms with E-state index >= 15 is 0 Å². The minimum Gasteiger partial charge on any atom is -0.362 e. The van der Waals surface area contributed by atoms with Gasteiger partial charge in [0, 0.05) is 32.6 Å². The Balaban J connectivity index is 1.29. The van der Waals surface area contributed by atoms with Crippen LogP contribution in [0.4, 0.5) is 11.8 Å². The summed E-state index contributed by atoms with van der Waals surface area (Å²) >= 11 is 10.3. The summed E-state index contributed by atoms with van der Waals surface area (Å²) in [7, 11) is 0.418. The topological polar surface area (TPSA) is 87.2 Å². The summed E-state index contributed by atoms with van der Waals surface area (Å²) in [6.07, 6.45) is 4.07. The number of halogens is 2. The number of nitrogens with zero attached hydrogens (tertiary/aromatic N) is 3. The molecule has 1 aliphatic rings. The summed E-state index contributed by atoms with van der Waals surface area (Å²) in [5, 5.41) is 4.46. The molecule has 0 unspecified atom stereocenters. The first-order chi connectivity index (χ1) is 15.7. The van der Waals surface area contributed by atoms with Gasteiger partial charge < -0.3 is 10.2 Å². The molecule has 0 aliphatic heterocycles. The molecule has 0 atom stereocenters. The molecule has 7 nitrogen and oxygen atoms in total. The van der Waals surface area contributed by atoms with Crippen molar-refractivity contribution in [3.05, 3.63) is 39.1 Å². The van der Waals surface area contributed by atoms with E-state index in [0.29, 0.717) is 33.1 Å². The van der Waals surface area contributed by atoms with Gasteiger partial charge in [-0.1, -0.05) is 23.7 Å². The van der Waals surface area contributed by atoms with Crippen molar-refractivity contribution < 1.29 is 8.42 Å². The van der Waals surface area contributed by atoms with Gasteiger partial charge in [0.2, 0.25) is 5.95 Å². The largest absolute Gasteiger partial charge is 0.362 e. The molecule has 33 heavy (non-hydrogen) atoms. The van der Waals surface area contributed by atoms with Gasteiger partial charge in [-0.2, -0.15) is 4.98 Å². The Labute approximate surface area is 212 Å². The fraction of sp³-hybridized carbons (Fsp3) is 0.455. The number of anilines is 2. The predicted molar refractivity (Wildman–Crippen MR) is 140 cm³/mol. The second kappa shape index (κ2) is 10.4.